The summed E-state index contributed by atoms with van der Waals surface area (Å²) in [6, 6.07) is 0.903. The average Bonchev–Trinajstić information content (AvgIpc) is 3.40. The quantitative estimate of drug-likeness (QED) is 0.573. The third-order valence-electron chi connectivity index (χ3n) is 7.03. The number of nitriles is 1. The van der Waals surface area contributed by atoms with Crippen LogP contribution in [0.3, 0.4) is 0 Å². The lowest BCUT2D eigenvalue weighted by Crippen LogP contribution is -2.57. The van der Waals surface area contributed by atoms with Crippen LogP contribution in [-0.4, -0.2) is 59.9 Å². The van der Waals surface area contributed by atoms with E-state index in [1.807, 2.05) is 0 Å². The predicted octanol–water partition coefficient (Wildman–Crippen LogP) is 0.434. The molecule has 3 heterocycles. The Kier molecular flexibility index (Phi) is 5.77. The van der Waals surface area contributed by atoms with Crippen LogP contribution in [0.5, 0.6) is 0 Å². The van der Waals surface area contributed by atoms with Crippen molar-refractivity contribution in [1.82, 2.24) is 20.9 Å². The van der Waals surface area contributed by atoms with Gasteiger partial charge in [0.2, 0.25) is 17.7 Å². The van der Waals surface area contributed by atoms with Crippen LogP contribution in [0.4, 0.5) is 0 Å². The first-order valence-corrected chi connectivity index (χ1v) is 11.1. The van der Waals surface area contributed by atoms with Crippen LogP contribution in [0.15, 0.2) is 0 Å². The zero-order valence-electron chi connectivity index (χ0n) is 16.9. The van der Waals surface area contributed by atoms with Gasteiger partial charge in [0.25, 0.3) is 0 Å². The van der Waals surface area contributed by atoms with Gasteiger partial charge >= 0.3 is 0 Å². The molecule has 0 unspecified atom stereocenters. The molecule has 0 radical (unpaired) electrons. The minimum atomic E-state index is -0.711. The van der Waals surface area contributed by atoms with E-state index in [2.05, 4.69) is 22.0 Å². The van der Waals surface area contributed by atoms with Gasteiger partial charge in [0.15, 0.2) is 0 Å². The van der Waals surface area contributed by atoms with Crippen molar-refractivity contribution in [2.24, 2.45) is 11.8 Å². The lowest BCUT2D eigenvalue weighted by molar-refractivity contribution is -0.142. The molecule has 1 aliphatic carbocycles. The van der Waals surface area contributed by atoms with Crippen molar-refractivity contribution < 1.29 is 14.4 Å². The minimum absolute atomic E-state index is 0.0432. The Balaban J connectivity index is 1.43. The zero-order valence-corrected chi connectivity index (χ0v) is 16.9. The smallest absolute Gasteiger partial charge is 0.243 e. The third kappa shape index (κ3) is 4.25. The molecule has 0 aromatic rings. The molecule has 4 fully saturated rings. The van der Waals surface area contributed by atoms with Gasteiger partial charge in [-0.05, 0) is 57.4 Å². The van der Waals surface area contributed by atoms with E-state index >= 15 is 0 Å². The topological polar surface area (TPSA) is 114 Å². The van der Waals surface area contributed by atoms with Crippen LogP contribution in [-0.2, 0) is 14.4 Å². The summed E-state index contributed by atoms with van der Waals surface area (Å²) in [5.74, 6) is -0.000623. The SMILES string of the molecule is N#C[C@H](C[C@@H]1CCNC1=O)NC(=O)[C@@H](CC1CC1)N1CC[C@]2(CCCCN2)C1=O. The summed E-state index contributed by atoms with van der Waals surface area (Å²) in [5.41, 5.74) is -0.503. The predicted molar refractivity (Wildman–Crippen MR) is 105 cm³/mol. The molecule has 4 atom stereocenters. The summed E-state index contributed by atoms with van der Waals surface area (Å²) in [6.07, 6.45) is 7.56. The van der Waals surface area contributed by atoms with Crippen molar-refractivity contribution in [1.29, 1.82) is 5.26 Å². The molecule has 4 aliphatic rings. The number of nitrogens with one attached hydrogen (secondary N) is 3. The Labute approximate surface area is 171 Å². The van der Waals surface area contributed by atoms with Crippen molar-refractivity contribution in [3.05, 3.63) is 0 Å². The fraction of sp³-hybridized carbons (Fsp3) is 0.810. The zero-order chi connectivity index (χ0) is 20.4. The number of rotatable bonds is 7. The molecule has 3 saturated heterocycles. The van der Waals surface area contributed by atoms with Crippen LogP contribution in [0.25, 0.3) is 0 Å². The van der Waals surface area contributed by atoms with E-state index in [9.17, 15) is 19.6 Å². The standard InChI is InChI=1S/C21H31N5O3/c22-13-16(12-15-5-9-23-18(15)27)25-19(28)17(11-14-3-4-14)26-10-7-21(20(26)29)6-1-2-8-24-21/h14-17,24H,1-12H2,(H,23,27)(H,25,28)/t15-,16-,17+,21+/m0/s1. The van der Waals surface area contributed by atoms with E-state index in [-0.39, 0.29) is 23.6 Å². The molecule has 3 amide bonds. The maximum Gasteiger partial charge on any atom is 0.243 e. The third-order valence-corrected chi connectivity index (χ3v) is 7.03. The highest BCUT2D eigenvalue weighted by molar-refractivity contribution is 5.94. The molecule has 8 nitrogen and oxygen atoms in total. The first-order valence-electron chi connectivity index (χ1n) is 11.1. The van der Waals surface area contributed by atoms with Crippen molar-refractivity contribution >= 4 is 17.7 Å². The highest BCUT2D eigenvalue weighted by Gasteiger charge is 2.50. The average molecular weight is 402 g/mol. The second kappa shape index (κ2) is 8.31. The van der Waals surface area contributed by atoms with Gasteiger partial charge in [0, 0.05) is 19.0 Å². The minimum Gasteiger partial charge on any atom is -0.356 e. The molecule has 8 heteroatoms. The molecule has 29 heavy (non-hydrogen) atoms. The molecule has 3 aliphatic heterocycles. The number of carbonyl (C=O) groups is 3. The maximum absolute atomic E-state index is 13.3. The number of nitrogens with zero attached hydrogens (tertiary/aromatic N) is 2. The molecular weight excluding hydrogens is 370 g/mol. The summed E-state index contributed by atoms with van der Waals surface area (Å²) in [5, 5.41) is 18.6. The summed E-state index contributed by atoms with van der Waals surface area (Å²) in [7, 11) is 0. The highest BCUT2D eigenvalue weighted by Crippen LogP contribution is 2.38. The molecule has 0 aromatic heterocycles. The number of hydrogen-bond acceptors (Lipinski definition) is 5. The van der Waals surface area contributed by atoms with E-state index in [0.717, 1.165) is 45.1 Å². The van der Waals surface area contributed by atoms with Gasteiger partial charge < -0.3 is 20.9 Å². The Morgan fingerprint density at radius 3 is 2.66 bits per heavy atom. The van der Waals surface area contributed by atoms with Crippen molar-refractivity contribution in [3.63, 3.8) is 0 Å². The lowest BCUT2D eigenvalue weighted by atomic mass is 9.87. The maximum atomic E-state index is 13.3. The monoisotopic (exact) mass is 401 g/mol. The number of carbonyl (C=O) groups excluding carboxylic acids is 3. The van der Waals surface area contributed by atoms with Crippen LogP contribution in [0.2, 0.25) is 0 Å². The molecule has 4 rings (SSSR count). The molecule has 0 aromatic carbocycles. The number of likely N-dealkylation sites (tertiary alicyclic amines) is 1. The lowest BCUT2D eigenvalue weighted by Gasteiger charge is -2.35. The van der Waals surface area contributed by atoms with Gasteiger partial charge in [-0.1, -0.05) is 12.8 Å². The number of piperidine rings is 1. The van der Waals surface area contributed by atoms with Gasteiger partial charge in [-0.3, -0.25) is 14.4 Å². The Morgan fingerprint density at radius 1 is 1.21 bits per heavy atom. The van der Waals surface area contributed by atoms with E-state index in [0.29, 0.717) is 38.3 Å². The van der Waals surface area contributed by atoms with Gasteiger partial charge in [-0.2, -0.15) is 5.26 Å². The van der Waals surface area contributed by atoms with Gasteiger partial charge in [0.05, 0.1) is 11.6 Å². The Bertz CT molecular complexity index is 708. The van der Waals surface area contributed by atoms with E-state index < -0.39 is 17.6 Å². The molecular formula is C21H31N5O3. The highest BCUT2D eigenvalue weighted by atomic mass is 16.2. The fourth-order valence-corrected chi connectivity index (χ4v) is 5.07. The first-order chi connectivity index (χ1) is 14.0. The number of hydrogen-bond donors (Lipinski definition) is 3. The van der Waals surface area contributed by atoms with Crippen molar-refractivity contribution in [2.75, 3.05) is 19.6 Å². The number of amides is 3. The van der Waals surface area contributed by atoms with E-state index in [4.69, 9.17) is 0 Å². The molecule has 1 saturated carbocycles. The molecule has 0 bridgehead atoms. The van der Waals surface area contributed by atoms with Crippen molar-refractivity contribution in [3.8, 4) is 6.07 Å². The summed E-state index contributed by atoms with van der Waals surface area (Å²) >= 11 is 0. The van der Waals surface area contributed by atoms with Crippen LogP contribution in [0.1, 0.15) is 57.8 Å². The van der Waals surface area contributed by atoms with E-state index in [1.54, 1.807) is 4.90 Å². The largest absolute Gasteiger partial charge is 0.356 e. The van der Waals surface area contributed by atoms with E-state index in [1.165, 1.54) is 0 Å². The van der Waals surface area contributed by atoms with Crippen LogP contribution in [0, 0.1) is 23.2 Å². The summed E-state index contributed by atoms with van der Waals surface area (Å²) in [6.45, 7) is 2.05. The molecule has 3 N–H and O–H groups in total. The van der Waals surface area contributed by atoms with Crippen LogP contribution >= 0.6 is 0 Å². The first kappa shape index (κ1) is 20.1. The second-order valence-corrected chi connectivity index (χ2v) is 9.11. The molecule has 158 valence electrons. The van der Waals surface area contributed by atoms with Gasteiger partial charge in [0.1, 0.15) is 12.1 Å². The fourth-order valence-electron chi connectivity index (χ4n) is 5.07. The van der Waals surface area contributed by atoms with Crippen molar-refractivity contribution in [2.45, 2.75) is 75.4 Å². The van der Waals surface area contributed by atoms with Crippen LogP contribution < -0.4 is 16.0 Å². The normalized spacial score (nSPS) is 31.4. The summed E-state index contributed by atoms with van der Waals surface area (Å²) < 4.78 is 0. The summed E-state index contributed by atoms with van der Waals surface area (Å²) in [4.78, 5) is 40.0. The second-order valence-electron chi connectivity index (χ2n) is 9.11. The Hall–Kier alpha value is -2.14. The molecule has 1 spiro atoms. The Morgan fingerprint density at radius 2 is 2.03 bits per heavy atom. The van der Waals surface area contributed by atoms with Gasteiger partial charge in [-0.25, -0.2) is 0 Å². The van der Waals surface area contributed by atoms with Gasteiger partial charge in [-0.15, -0.1) is 0 Å².